The Bertz CT molecular complexity index is 590. The van der Waals surface area contributed by atoms with E-state index >= 15 is 0 Å². The maximum Gasteiger partial charge on any atom is 0.335 e. The predicted molar refractivity (Wildman–Crippen MR) is 89.5 cm³/mol. The quantitative estimate of drug-likeness (QED) is 0.834. The van der Waals surface area contributed by atoms with Gasteiger partial charge in [0, 0.05) is 32.0 Å². The first kappa shape index (κ1) is 18.0. The first-order valence-corrected chi connectivity index (χ1v) is 8.39. The van der Waals surface area contributed by atoms with Crippen LogP contribution >= 0.6 is 0 Å². The van der Waals surface area contributed by atoms with Crippen LogP contribution in [0.2, 0.25) is 0 Å². The molecular weight excluding hydrogens is 308 g/mol. The lowest BCUT2D eigenvalue weighted by molar-refractivity contribution is -0.135. The number of carboxylic acid groups (broad SMARTS) is 1. The van der Waals surface area contributed by atoms with Gasteiger partial charge in [-0.3, -0.25) is 9.59 Å². The molecule has 0 unspecified atom stereocenters. The number of hydrogen-bond acceptors (Lipinski definition) is 3. The molecule has 6 heteroatoms. The number of carbonyl (C=O) groups is 3. The Morgan fingerprint density at radius 2 is 1.79 bits per heavy atom. The molecule has 130 valence electrons. The minimum atomic E-state index is -0.963. The molecule has 0 radical (unpaired) electrons. The third-order valence-corrected chi connectivity index (χ3v) is 4.35. The molecule has 0 aliphatic carbocycles. The molecule has 0 saturated carbocycles. The highest BCUT2D eigenvalue weighted by Crippen LogP contribution is 2.18. The normalized spacial score (nSPS) is 15.1. The van der Waals surface area contributed by atoms with Crippen molar-refractivity contribution in [3.8, 4) is 0 Å². The van der Waals surface area contributed by atoms with E-state index in [4.69, 9.17) is 5.11 Å². The zero-order valence-corrected chi connectivity index (χ0v) is 14.0. The Hall–Kier alpha value is -2.37. The largest absolute Gasteiger partial charge is 0.478 e. The summed E-state index contributed by atoms with van der Waals surface area (Å²) in [4.78, 5) is 36.7. The number of nitrogens with one attached hydrogen (secondary N) is 1. The van der Waals surface area contributed by atoms with Crippen molar-refractivity contribution < 1.29 is 19.5 Å². The van der Waals surface area contributed by atoms with E-state index in [0.717, 1.165) is 12.0 Å². The molecule has 1 aliphatic heterocycles. The minimum absolute atomic E-state index is 0.0000911. The van der Waals surface area contributed by atoms with Crippen LogP contribution in [-0.4, -0.2) is 40.9 Å². The SMILES string of the molecule is CCCC(=O)N1CCC(C(=O)NCc2ccc(C(=O)O)cc2)CC1. The van der Waals surface area contributed by atoms with Crippen molar-refractivity contribution >= 4 is 17.8 Å². The summed E-state index contributed by atoms with van der Waals surface area (Å²) in [7, 11) is 0. The van der Waals surface area contributed by atoms with E-state index in [-0.39, 0.29) is 23.3 Å². The number of carbonyl (C=O) groups excluding carboxylic acids is 2. The average Bonchev–Trinajstić information content (AvgIpc) is 2.60. The Labute approximate surface area is 141 Å². The Kier molecular flexibility index (Phi) is 6.35. The van der Waals surface area contributed by atoms with Crippen LogP contribution in [0.4, 0.5) is 0 Å². The molecule has 1 fully saturated rings. The topological polar surface area (TPSA) is 86.7 Å². The molecule has 6 nitrogen and oxygen atoms in total. The number of aromatic carboxylic acids is 1. The van der Waals surface area contributed by atoms with Gasteiger partial charge in [0.15, 0.2) is 0 Å². The van der Waals surface area contributed by atoms with Crippen LogP contribution < -0.4 is 5.32 Å². The Balaban J connectivity index is 1.77. The van der Waals surface area contributed by atoms with Crippen LogP contribution in [0, 0.1) is 5.92 Å². The highest BCUT2D eigenvalue weighted by Gasteiger charge is 2.26. The number of rotatable bonds is 6. The molecule has 0 spiro atoms. The summed E-state index contributed by atoms with van der Waals surface area (Å²) < 4.78 is 0. The van der Waals surface area contributed by atoms with Crippen LogP contribution in [0.5, 0.6) is 0 Å². The summed E-state index contributed by atoms with van der Waals surface area (Å²) in [6.45, 7) is 3.66. The number of nitrogens with zero attached hydrogens (tertiary/aromatic N) is 1. The molecule has 1 aromatic carbocycles. The molecule has 1 heterocycles. The van der Waals surface area contributed by atoms with Gasteiger partial charge < -0.3 is 15.3 Å². The van der Waals surface area contributed by atoms with Crippen molar-refractivity contribution in [2.45, 2.75) is 39.2 Å². The van der Waals surface area contributed by atoms with Gasteiger partial charge >= 0.3 is 5.97 Å². The Morgan fingerprint density at radius 3 is 2.33 bits per heavy atom. The molecular formula is C18H24N2O4. The van der Waals surface area contributed by atoms with Crippen molar-refractivity contribution in [2.75, 3.05) is 13.1 Å². The minimum Gasteiger partial charge on any atom is -0.478 e. The summed E-state index contributed by atoms with van der Waals surface area (Å²) in [5.74, 6) is -0.848. The predicted octanol–water partition coefficient (Wildman–Crippen LogP) is 2.04. The van der Waals surface area contributed by atoms with Crippen LogP contribution in [0.25, 0.3) is 0 Å². The molecule has 0 atom stereocenters. The van der Waals surface area contributed by atoms with Crippen molar-refractivity contribution in [1.29, 1.82) is 0 Å². The highest BCUT2D eigenvalue weighted by atomic mass is 16.4. The standard InChI is InChI=1S/C18H24N2O4/c1-2-3-16(21)20-10-8-14(9-11-20)17(22)19-12-13-4-6-15(7-5-13)18(23)24/h4-7,14H,2-3,8-12H2,1H3,(H,19,22)(H,23,24). The number of amides is 2. The van der Waals surface area contributed by atoms with Crippen LogP contribution in [0.15, 0.2) is 24.3 Å². The van der Waals surface area contributed by atoms with Crippen molar-refractivity contribution in [3.63, 3.8) is 0 Å². The summed E-state index contributed by atoms with van der Waals surface area (Å²) in [6, 6.07) is 6.47. The van der Waals surface area contributed by atoms with E-state index < -0.39 is 5.97 Å². The average molecular weight is 332 g/mol. The molecule has 0 bridgehead atoms. The van der Waals surface area contributed by atoms with Gasteiger partial charge in [-0.15, -0.1) is 0 Å². The lowest BCUT2D eigenvalue weighted by Gasteiger charge is -2.31. The summed E-state index contributed by atoms with van der Waals surface area (Å²) in [5.41, 5.74) is 1.10. The van der Waals surface area contributed by atoms with E-state index in [0.29, 0.717) is 38.9 Å². The van der Waals surface area contributed by atoms with Crippen LogP contribution in [-0.2, 0) is 16.1 Å². The van der Waals surface area contributed by atoms with E-state index in [1.54, 1.807) is 12.1 Å². The molecule has 0 aromatic heterocycles. The van der Waals surface area contributed by atoms with Gasteiger partial charge in [0.25, 0.3) is 0 Å². The monoisotopic (exact) mass is 332 g/mol. The van der Waals surface area contributed by atoms with Gasteiger partial charge in [-0.25, -0.2) is 4.79 Å². The van der Waals surface area contributed by atoms with Gasteiger partial charge in [-0.05, 0) is 37.0 Å². The second-order valence-corrected chi connectivity index (χ2v) is 6.12. The van der Waals surface area contributed by atoms with Crippen molar-refractivity contribution in [1.82, 2.24) is 10.2 Å². The molecule has 2 N–H and O–H groups in total. The van der Waals surface area contributed by atoms with E-state index in [2.05, 4.69) is 5.32 Å². The molecule has 1 saturated heterocycles. The van der Waals surface area contributed by atoms with Crippen LogP contribution in [0.1, 0.15) is 48.5 Å². The molecule has 2 rings (SSSR count). The number of likely N-dealkylation sites (tertiary alicyclic amines) is 1. The molecule has 1 aliphatic rings. The van der Waals surface area contributed by atoms with Gasteiger partial charge in [-0.2, -0.15) is 0 Å². The van der Waals surface area contributed by atoms with Gasteiger partial charge in [0.05, 0.1) is 5.56 Å². The smallest absolute Gasteiger partial charge is 0.335 e. The van der Waals surface area contributed by atoms with Gasteiger partial charge in [0.1, 0.15) is 0 Å². The highest BCUT2D eigenvalue weighted by molar-refractivity contribution is 5.87. The first-order valence-electron chi connectivity index (χ1n) is 8.39. The van der Waals surface area contributed by atoms with E-state index in [9.17, 15) is 14.4 Å². The van der Waals surface area contributed by atoms with Crippen LogP contribution in [0.3, 0.4) is 0 Å². The van der Waals surface area contributed by atoms with Crippen molar-refractivity contribution in [3.05, 3.63) is 35.4 Å². The third-order valence-electron chi connectivity index (χ3n) is 4.35. The number of benzene rings is 1. The maximum absolute atomic E-state index is 12.2. The summed E-state index contributed by atoms with van der Waals surface area (Å²) in [5, 5.41) is 11.8. The van der Waals surface area contributed by atoms with E-state index in [1.807, 2.05) is 11.8 Å². The van der Waals surface area contributed by atoms with Gasteiger partial charge in [0.2, 0.25) is 11.8 Å². The molecule has 24 heavy (non-hydrogen) atoms. The lowest BCUT2D eigenvalue weighted by Crippen LogP contribution is -2.42. The van der Waals surface area contributed by atoms with E-state index in [1.165, 1.54) is 12.1 Å². The zero-order chi connectivity index (χ0) is 17.5. The maximum atomic E-state index is 12.2. The first-order chi connectivity index (χ1) is 11.5. The lowest BCUT2D eigenvalue weighted by atomic mass is 9.95. The van der Waals surface area contributed by atoms with Gasteiger partial charge in [-0.1, -0.05) is 19.1 Å². The summed E-state index contributed by atoms with van der Waals surface area (Å²) >= 11 is 0. The molecule has 2 amide bonds. The third kappa shape index (κ3) is 4.81. The fourth-order valence-corrected chi connectivity index (χ4v) is 2.86. The number of carboxylic acids is 1. The number of piperidine rings is 1. The van der Waals surface area contributed by atoms with Crippen molar-refractivity contribution in [2.24, 2.45) is 5.92 Å². The summed E-state index contributed by atoms with van der Waals surface area (Å²) in [6.07, 6.45) is 2.81. The second-order valence-electron chi connectivity index (χ2n) is 6.12. The molecule has 1 aromatic rings. The fourth-order valence-electron chi connectivity index (χ4n) is 2.86. The zero-order valence-electron chi connectivity index (χ0n) is 14.0. The second kappa shape index (κ2) is 8.47. The Morgan fingerprint density at radius 1 is 1.17 bits per heavy atom. The number of hydrogen-bond donors (Lipinski definition) is 2. The fraction of sp³-hybridized carbons (Fsp3) is 0.500.